The highest BCUT2D eigenvalue weighted by molar-refractivity contribution is 6.30. The molecule has 2 atom stereocenters. The first-order valence-electron chi connectivity index (χ1n) is 7.26. The van der Waals surface area contributed by atoms with E-state index in [0.717, 1.165) is 5.02 Å². The first-order valence-corrected chi connectivity index (χ1v) is 7.64. The molecule has 0 bridgehead atoms. The lowest BCUT2D eigenvalue weighted by Gasteiger charge is -2.21. The van der Waals surface area contributed by atoms with Gasteiger partial charge in [-0.25, -0.2) is 0 Å². The quantitative estimate of drug-likeness (QED) is 0.852. The van der Waals surface area contributed by atoms with E-state index in [9.17, 15) is 0 Å². The second kappa shape index (κ2) is 6.97. The van der Waals surface area contributed by atoms with Crippen LogP contribution in [-0.2, 0) is 0 Å². The molecule has 21 heavy (non-hydrogen) atoms. The van der Waals surface area contributed by atoms with E-state index in [0.29, 0.717) is 6.04 Å². The zero-order valence-corrected chi connectivity index (χ0v) is 13.9. The average molecular weight is 303 g/mol. The van der Waals surface area contributed by atoms with Gasteiger partial charge in [-0.05, 0) is 49.2 Å². The van der Waals surface area contributed by atoms with Crippen molar-refractivity contribution in [2.75, 3.05) is 19.0 Å². The lowest BCUT2D eigenvalue weighted by atomic mass is 10.0. The lowest BCUT2D eigenvalue weighted by molar-refractivity contribution is 0.495. The van der Waals surface area contributed by atoms with Crippen LogP contribution in [0.3, 0.4) is 0 Å². The van der Waals surface area contributed by atoms with Crippen molar-refractivity contribution in [2.24, 2.45) is 0 Å². The van der Waals surface area contributed by atoms with E-state index >= 15 is 0 Å². The van der Waals surface area contributed by atoms with Crippen molar-refractivity contribution in [1.29, 1.82) is 0 Å². The first kappa shape index (κ1) is 15.9. The number of benzene rings is 2. The molecule has 0 aliphatic heterocycles. The van der Waals surface area contributed by atoms with E-state index in [1.54, 1.807) is 0 Å². The highest BCUT2D eigenvalue weighted by Crippen LogP contribution is 2.22. The normalized spacial score (nSPS) is 13.8. The summed E-state index contributed by atoms with van der Waals surface area (Å²) in [6, 6.07) is 17.3. The summed E-state index contributed by atoms with van der Waals surface area (Å²) in [7, 11) is 4.11. The van der Waals surface area contributed by atoms with E-state index in [-0.39, 0.29) is 6.04 Å². The summed E-state index contributed by atoms with van der Waals surface area (Å²) in [5, 5.41) is 4.40. The Balaban J connectivity index is 2.03. The minimum atomic E-state index is 0.283. The van der Waals surface area contributed by atoms with Gasteiger partial charge in [0.1, 0.15) is 0 Å². The number of anilines is 1. The molecule has 0 aromatic heterocycles. The molecule has 112 valence electrons. The molecule has 2 aromatic carbocycles. The molecular formula is C18H23ClN2. The molecule has 0 spiro atoms. The van der Waals surface area contributed by atoms with Crippen LogP contribution in [0.2, 0.25) is 5.02 Å². The van der Waals surface area contributed by atoms with E-state index in [2.05, 4.69) is 74.6 Å². The van der Waals surface area contributed by atoms with Crippen LogP contribution < -0.4 is 10.2 Å². The fourth-order valence-electron chi connectivity index (χ4n) is 2.38. The van der Waals surface area contributed by atoms with E-state index in [1.165, 1.54) is 16.8 Å². The molecule has 0 aliphatic carbocycles. The van der Waals surface area contributed by atoms with Crippen LogP contribution in [-0.4, -0.2) is 14.1 Å². The van der Waals surface area contributed by atoms with Gasteiger partial charge in [0.15, 0.2) is 0 Å². The van der Waals surface area contributed by atoms with Gasteiger partial charge >= 0.3 is 0 Å². The van der Waals surface area contributed by atoms with Crippen LogP contribution in [0.15, 0.2) is 48.5 Å². The molecule has 0 saturated heterocycles. The molecule has 0 heterocycles. The van der Waals surface area contributed by atoms with Crippen molar-refractivity contribution in [3.63, 3.8) is 0 Å². The highest BCUT2D eigenvalue weighted by Gasteiger charge is 2.11. The summed E-state index contributed by atoms with van der Waals surface area (Å²) in [5.74, 6) is 0. The Morgan fingerprint density at radius 1 is 0.810 bits per heavy atom. The standard InChI is InChI=1S/C18H23ClN2/c1-13(15-5-9-17(19)10-6-15)20-14(2)16-7-11-18(12-8-16)21(3)4/h5-14,20H,1-4H3. The van der Waals surface area contributed by atoms with Crippen LogP contribution in [0.4, 0.5) is 5.69 Å². The zero-order valence-electron chi connectivity index (χ0n) is 13.1. The fraction of sp³-hybridized carbons (Fsp3) is 0.333. The van der Waals surface area contributed by atoms with Crippen LogP contribution in [0.5, 0.6) is 0 Å². The Morgan fingerprint density at radius 3 is 1.67 bits per heavy atom. The molecule has 2 rings (SSSR count). The molecule has 2 aromatic rings. The Hall–Kier alpha value is -1.51. The van der Waals surface area contributed by atoms with Gasteiger partial charge in [-0.1, -0.05) is 35.9 Å². The largest absolute Gasteiger partial charge is 0.378 e. The molecule has 0 amide bonds. The first-order chi connectivity index (χ1) is 9.97. The summed E-state index contributed by atoms with van der Waals surface area (Å²) in [4.78, 5) is 2.11. The molecule has 2 unspecified atom stereocenters. The van der Waals surface area contributed by atoms with Gasteiger partial charge in [0.05, 0.1) is 0 Å². The van der Waals surface area contributed by atoms with E-state index in [1.807, 2.05) is 12.1 Å². The molecule has 0 saturated carbocycles. The van der Waals surface area contributed by atoms with Gasteiger partial charge in [0.2, 0.25) is 0 Å². The Labute approximate surface area is 132 Å². The third-order valence-corrected chi connectivity index (χ3v) is 4.03. The van der Waals surface area contributed by atoms with Gasteiger partial charge in [-0.15, -0.1) is 0 Å². The second-order valence-corrected chi connectivity index (χ2v) is 6.08. The minimum absolute atomic E-state index is 0.283. The summed E-state index contributed by atoms with van der Waals surface area (Å²) < 4.78 is 0. The number of hydrogen-bond acceptors (Lipinski definition) is 2. The van der Waals surface area contributed by atoms with Crippen molar-refractivity contribution < 1.29 is 0 Å². The summed E-state index contributed by atoms with van der Waals surface area (Å²) in [6.07, 6.45) is 0. The number of nitrogens with one attached hydrogen (secondary N) is 1. The Morgan fingerprint density at radius 2 is 1.24 bits per heavy atom. The molecule has 2 nitrogen and oxygen atoms in total. The number of hydrogen-bond donors (Lipinski definition) is 1. The SMILES string of the molecule is CC(NC(C)c1ccc(N(C)C)cc1)c1ccc(Cl)cc1. The zero-order chi connectivity index (χ0) is 15.4. The van der Waals surface area contributed by atoms with Gasteiger partial charge in [-0.2, -0.15) is 0 Å². The van der Waals surface area contributed by atoms with Crippen molar-refractivity contribution in [2.45, 2.75) is 25.9 Å². The van der Waals surface area contributed by atoms with Crippen LogP contribution in [0, 0.1) is 0 Å². The van der Waals surface area contributed by atoms with Crippen LogP contribution in [0.1, 0.15) is 37.1 Å². The third-order valence-electron chi connectivity index (χ3n) is 3.78. The van der Waals surface area contributed by atoms with Gasteiger partial charge < -0.3 is 10.2 Å². The number of halogens is 1. The molecule has 3 heteroatoms. The summed E-state index contributed by atoms with van der Waals surface area (Å²) >= 11 is 5.93. The van der Waals surface area contributed by atoms with Gasteiger partial charge in [0, 0.05) is 36.9 Å². The minimum Gasteiger partial charge on any atom is -0.378 e. The number of rotatable bonds is 5. The monoisotopic (exact) mass is 302 g/mol. The molecule has 1 N–H and O–H groups in total. The van der Waals surface area contributed by atoms with Crippen LogP contribution in [0.25, 0.3) is 0 Å². The maximum absolute atomic E-state index is 5.93. The molecule has 0 radical (unpaired) electrons. The number of nitrogens with zero attached hydrogens (tertiary/aromatic N) is 1. The second-order valence-electron chi connectivity index (χ2n) is 5.65. The van der Waals surface area contributed by atoms with Crippen molar-refractivity contribution >= 4 is 17.3 Å². The fourth-order valence-corrected chi connectivity index (χ4v) is 2.51. The van der Waals surface area contributed by atoms with Crippen molar-refractivity contribution in [3.05, 3.63) is 64.7 Å². The van der Waals surface area contributed by atoms with E-state index < -0.39 is 0 Å². The summed E-state index contributed by atoms with van der Waals surface area (Å²) in [6.45, 7) is 4.37. The maximum atomic E-state index is 5.93. The Kier molecular flexibility index (Phi) is 5.27. The maximum Gasteiger partial charge on any atom is 0.0406 e. The van der Waals surface area contributed by atoms with E-state index in [4.69, 9.17) is 11.6 Å². The van der Waals surface area contributed by atoms with Crippen LogP contribution >= 0.6 is 11.6 Å². The molecular weight excluding hydrogens is 280 g/mol. The average Bonchev–Trinajstić information content (AvgIpc) is 2.47. The van der Waals surface area contributed by atoms with Crippen molar-refractivity contribution in [3.8, 4) is 0 Å². The predicted molar refractivity (Wildman–Crippen MR) is 92.2 cm³/mol. The molecule has 0 aliphatic rings. The third kappa shape index (κ3) is 4.23. The topological polar surface area (TPSA) is 15.3 Å². The smallest absolute Gasteiger partial charge is 0.0406 e. The predicted octanol–water partition coefficient (Wildman–Crippen LogP) is 4.82. The highest BCUT2D eigenvalue weighted by atomic mass is 35.5. The van der Waals surface area contributed by atoms with Crippen molar-refractivity contribution in [1.82, 2.24) is 5.32 Å². The van der Waals surface area contributed by atoms with Gasteiger partial charge in [0.25, 0.3) is 0 Å². The molecule has 0 fully saturated rings. The Bertz CT molecular complexity index is 561. The van der Waals surface area contributed by atoms with Gasteiger partial charge in [-0.3, -0.25) is 0 Å². The lowest BCUT2D eigenvalue weighted by Crippen LogP contribution is -2.22. The summed E-state index contributed by atoms with van der Waals surface area (Å²) in [5.41, 5.74) is 3.76.